The summed E-state index contributed by atoms with van der Waals surface area (Å²) in [6.45, 7) is 0.375. The Morgan fingerprint density at radius 3 is 2.95 bits per heavy atom. The zero-order chi connectivity index (χ0) is 14.0. The lowest BCUT2D eigenvalue weighted by molar-refractivity contribution is -0.141. The normalized spacial score (nSPS) is 22.5. The van der Waals surface area contributed by atoms with Crippen LogP contribution in [0.2, 0.25) is 0 Å². The molecule has 2 amide bonds. The van der Waals surface area contributed by atoms with Crippen molar-refractivity contribution in [1.29, 1.82) is 0 Å². The fraction of sp³-hybridized carbons (Fsp3) is 0.545. The largest absolute Gasteiger partial charge is 0.480 e. The number of likely N-dealkylation sites (tertiary alicyclic amines) is 1. The van der Waals surface area contributed by atoms with Crippen molar-refractivity contribution in [1.82, 2.24) is 20.0 Å². The van der Waals surface area contributed by atoms with Crippen molar-refractivity contribution >= 4 is 12.0 Å². The van der Waals surface area contributed by atoms with E-state index >= 15 is 0 Å². The number of carbonyl (C=O) groups is 2. The van der Waals surface area contributed by atoms with Crippen molar-refractivity contribution in [2.45, 2.75) is 25.1 Å². The fourth-order valence-electron chi connectivity index (χ4n) is 2.18. The smallest absolute Gasteiger partial charge is 0.326 e. The Labute approximate surface area is 109 Å². The van der Waals surface area contributed by atoms with Crippen LogP contribution in [0.15, 0.2) is 12.4 Å². The minimum atomic E-state index is -1.10. The first-order valence-corrected chi connectivity index (χ1v) is 5.89. The number of aliphatic hydroxyl groups excluding tert-OH is 1. The van der Waals surface area contributed by atoms with E-state index in [9.17, 15) is 14.7 Å². The first-order chi connectivity index (χ1) is 8.99. The van der Waals surface area contributed by atoms with Crippen LogP contribution in [0.3, 0.4) is 0 Å². The molecule has 1 fully saturated rings. The second-order valence-electron chi connectivity index (χ2n) is 4.64. The van der Waals surface area contributed by atoms with E-state index in [0.29, 0.717) is 6.54 Å². The van der Waals surface area contributed by atoms with E-state index in [0.717, 1.165) is 5.56 Å². The number of amides is 2. The van der Waals surface area contributed by atoms with Crippen molar-refractivity contribution in [3.8, 4) is 0 Å². The minimum Gasteiger partial charge on any atom is -0.480 e. The second-order valence-corrected chi connectivity index (χ2v) is 4.64. The zero-order valence-electron chi connectivity index (χ0n) is 10.5. The molecular formula is C11H16N4O4. The lowest BCUT2D eigenvalue weighted by Gasteiger charge is -2.27. The average Bonchev–Trinajstić information content (AvgIpc) is 2.97. The van der Waals surface area contributed by atoms with E-state index in [2.05, 4.69) is 10.2 Å². The van der Waals surface area contributed by atoms with Gasteiger partial charge in [-0.2, -0.15) is 5.10 Å². The van der Waals surface area contributed by atoms with E-state index < -0.39 is 24.1 Å². The number of aromatic amines is 1. The van der Waals surface area contributed by atoms with Crippen molar-refractivity contribution in [2.75, 3.05) is 13.6 Å². The summed E-state index contributed by atoms with van der Waals surface area (Å²) in [4.78, 5) is 25.8. The lowest BCUT2D eigenvalue weighted by Crippen LogP contribution is -2.46. The molecule has 0 spiro atoms. The molecule has 2 rings (SSSR count). The van der Waals surface area contributed by atoms with Gasteiger partial charge in [-0.3, -0.25) is 5.10 Å². The lowest BCUT2D eigenvalue weighted by atomic mass is 10.2. The van der Waals surface area contributed by atoms with Crippen molar-refractivity contribution < 1.29 is 19.8 Å². The van der Waals surface area contributed by atoms with Gasteiger partial charge >= 0.3 is 12.0 Å². The predicted octanol–water partition coefficient (Wildman–Crippen LogP) is -0.519. The molecule has 0 aromatic carbocycles. The highest BCUT2D eigenvalue weighted by atomic mass is 16.4. The van der Waals surface area contributed by atoms with Gasteiger partial charge < -0.3 is 20.0 Å². The molecular weight excluding hydrogens is 252 g/mol. The molecule has 2 atom stereocenters. The third kappa shape index (κ3) is 2.84. The Morgan fingerprint density at radius 2 is 2.37 bits per heavy atom. The summed E-state index contributed by atoms with van der Waals surface area (Å²) in [7, 11) is 1.58. The number of hydrogen-bond acceptors (Lipinski definition) is 4. The molecule has 0 saturated carbocycles. The molecule has 0 aliphatic carbocycles. The predicted molar refractivity (Wildman–Crippen MR) is 64.2 cm³/mol. The Bertz CT molecular complexity index is 461. The van der Waals surface area contributed by atoms with Gasteiger partial charge in [0.2, 0.25) is 0 Å². The van der Waals surface area contributed by atoms with Crippen LogP contribution in [0.25, 0.3) is 0 Å². The molecule has 3 N–H and O–H groups in total. The van der Waals surface area contributed by atoms with E-state index in [1.807, 2.05) is 0 Å². The van der Waals surface area contributed by atoms with Crippen molar-refractivity contribution in [3.63, 3.8) is 0 Å². The summed E-state index contributed by atoms with van der Waals surface area (Å²) in [5.41, 5.74) is 0.822. The Morgan fingerprint density at radius 1 is 1.63 bits per heavy atom. The number of β-amino-alcohol motifs (C(OH)–C–C–N with tert-alkyl or cyclic N) is 1. The summed E-state index contributed by atoms with van der Waals surface area (Å²) in [5, 5.41) is 25.0. The van der Waals surface area contributed by atoms with Gasteiger partial charge in [0.1, 0.15) is 6.04 Å². The maximum atomic E-state index is 12.2. The Kier molecular flexibility index (Phi) is 3.70. The molecule has 1 aliphatic heterocycles. The molecule has 19 heavy (non-hydrogen) atoms. The summed E-state index contributed by atoms with van der Waals surface area (Å²) >= 11 is 0. The summed E-state index contributed by atoms with van der Waals surface area (Å²) in [6.07, 6.45) is 2.54. The number of nitrogens with one attached hydrogen (secondary N) is 1. The first kappa shape index (κ1) is 13.3. The average molecular weight is 268 g/mol. The summed E-state index contributed by atoms with van der Waals surface area (Å²) in [6, 6.07) is -1.38. The highest BCUT2D eigenvalue weighted by Crippen LogP contribution is 2.20. The van der Waals surface area contributed by atoms with E-state index in [-0.39, 0.29) is 13.0 Å². The van der Waals surface area contributed by atoms with Gasteiger partial charge in [-0.1, -0.05) is 0 Å². The van der Waals surface area contributed by atoms with Gasteiger partial charge in [0.15, 0.2) is 0 Å². The molecule has 1 aliphatic rings. The van der Waals surface area contributed by atoms with Crippen LogP contribution in [0.5, 0.6) is 0 Å². The quantitative estimate of drug-likeness (QED) is 0.683. The van der Waals surface area contributed by atoms with Crippen LogP contribution in [-0.4, -0.2) is 67.9 Å². The van der Waals surface area contributed by atoms with Crippen LogP contribution in [0.1, 0.15) is 12.0 Å². The third-order valence-electron chi connectivity index (χ3n) is 3.11. The monoisotopic (exact) mass is 268 g/mol. The number of rotatable bonds is 3. The number of hydrogen-bond donors (Lipinski definition) is 3. The molecule has 104 valence electrons. The fourth-order valence-corrected chi connectivity index (χ4v) is 2.18. The maximum Gasteiger partial charge on any atom is 0.326 e. The van der Waals surface area contributed by atoms with Crippen LogP contribution in [0, 0.1) is 0 Å². The highest BCUT2D eigenvalue weighted by Gasteiger charge is 2.40. The summed E-state index contributed by atoms with van der Waals surface area (Å²) in [5.74, 6) is -1.10. The molecule has 0 unspecified atom stereocenters. The van der Waals surface area contributed by atoms with Crippen LogP contribution in [0.4, 0.5) is 4.79 Å². The van der Waals surface area contributed by atoms with Crippen LogP contribution in [-0.2, 0) is 11.3 Å². The van der Waals surface area contributed by atoms with Crippen LogP contribution >= 0.6 is 0 Å². The topological polar surface area (TPSA) is 110 Å². The molecule has 0 bridgehead atoms. The van der Waals surface area contributed by atoms with Crippen molar-refractivity contribution in [3.05, 3.63) is 18.0 Å². The van der Waals surface area contributed by atoms with Crippen molar-refractivity contribution in [2.24, 2.45) is 0 Å². The first-order valence-electron chi connectivity index (χ1n) is 5.89. The number of carboxylic acids is 1. The van der Waals surface area contributed by atoms with Gasteiger partial charge in [-0.05, 0) is 0 Å². The molecule has 1 aromatic heterocycles. The molecule has 8 heteroatoms. The van der Waals surface area contributed by atoms with Gasteiger partial charge in [-0.25, -0.2) is 9.59 Å². The number of aliphatic carboxylic acids is 1. The van der Waals surface area contributed by atoms with E-state index in [1.54, 1.807) is 19.4 Å². The molecule has 1 aromatic rings. The number of nitrogens with zero attached hydrogens (tertiary/aromatic N) is 3. The van der Waals surface area contributed by atoms with E-state index in [4.69, 9.17) is 5.11 Å². The zero-order valence-corrected chi connectivity index (χ0v) is 10.5. The molecule has 8 nitrogen and oxygen atoms in total. The Hall–Kier alpha value is -2.09. The van der Waals surface area contributed by atoms with Gasteiger partial charge in [0.05, 0.1) is 18.8 Å². The number of carboxylic acid groups (broad SMARTS) is 1. The number of urea groups is 1. The maximum absolute atomic E-state index is 12.2. The van der Waals surface area contributed by atoms with E-state index in [1.165, 1.54) is 9.80 Å². The second kappa shape index (κ2) is 5.27. The SMILES string of the molecule is CN(Cc1cn[nH]c1)C(=O)N1C[C@@H](O)C[C@H]1C(=O)O. The molecule has 0 radical (unpaired) electrons. The van der Waals surface area contributed by atoms with Crippen LogP contribution < -0.4 is 0 Å². The third-order valence-corrected chi connectivity index (χ3v) is 3.11. The Balaban J connectivity index is 2.03. The number of aliphatic hydroxyl groups is 1. The molecule has 2 heterocycles. The molecule has 1 saturated heterocycles. The number of aromatic nitrogens is 2. The highest BCUT2D eigenvalue weighted by molar-refractivity contribution is 5.83. The minimum absolute atomic E-state index is 0.0471. The standard InChI is InChI=1S/C11H16N4O4/c1-14(5-7-3-12-13-4-7)11(19)15-6-8(16)2-9(15)10(17)18/h3-4,8-9,16H,2,5-6H2,1H3,(H,12,13)(H,17,18)/t8-,9-/m0/s1. The number of H-pyrrole nitrogens is 1. The van der Waals surface area contributed by atoms with Gasteiger partial charge in [0, 0.05) is 31.8 Å². The van der Waals surface area contributed by atoms with Gasteiger partial charge in [-0.15, -0.1) is 0 Å². The van der Waals surface area contributed by atoms with Gasteiger partial charge in [0.25, 0.3) is 0 Å². The number of carbonyl (C=O) groups excluding carboxylic acids is 1. The summed E-state index contributed by atoms with van der Waals surface area (Å²) < 4.78 is 0.